The number of nitrogens with zero attached hydrogens (tertiary/aromatic N) is 1. The largest absolute Gasteiger partial charge is 0.497 e. The summed E-state index contributed by atoms with van der Waals surface area (Å²) in [6, 6.07) is 15.8. The molecule has 2 N–H and O–H groups in total. The first-order valence-electron chi connectivity index (χ1n) is 8.81. The van der Waals surface area contributed by atoms with Crippen molar-refractivity contribution in [3.63, 3.8) is 0 Å². The SMILES string of the molecule is COc1ccc(CCNC(=O)c2ccc(C(=O)Nc3cc(C)on3)cc2)cc1. The van der Waals surface area contributed by atoms with Crippen molar-refractivity contribution in [2.75, 3.05) is 19.0 Å². The number of ether oxygens (including phenoxy) is 1. The van der Waals surface area contributed by atoms with E-state index >= 15 is 0 Å². The lowest BCUT2D eigenvalue weighted by molar-refractivity contribution is 0.0952. The molecule has 2 amide bonds. The number of hydrogen-bond donors (Lipinski definition) is 2. The first-order chi connectivity index (χ1) is 13.5. The predicted molar refractivity (Wildman–Crippen MR) is 105 cm³/mol. The van der Waals surface area contributed by atoms with Crippen molar-refractivity contribution >= 4 is 17.6 Å². The molecule has 0 radical (unpaired) electrons. The molecule has 0 saturated carbocycles. The van der Waals surface area contributed by atoms with Crippen LogP contribution in [-0.4, -0.2) is 30.6 Å². The van der Waals surface area contributed by atoms with Crippen molar-refractivity contribution < 1.29 is 18.8 Å². The minimum absolute atomic E-state index is 0.187. The third-order valence-electron chi connectivity index (χ3n) is 4.14. The van der Waals surface area contributed by atoms with Gasteiger partial charge in [-0.3, -0.25) is 9.59 Å². The highest BCUT2D eigenvalue weighted by Crippen LogP contribution is 2.12. The Morgan fingerprint density at radius 2 is 1.64 bits per heavy atom. The zero-order valence-electron chi connectivity index (χ0n) is 15.7. The van der Waals surface area contributed by atoms with Crippen molar-refractivity contribution in [3.8, 4) is 5.75 Å². The van der Waals surface area contributed by atoms with E-state index in [4.69, 9.17) is 9.26 Å². The molecule has 0 spiro atoms. The highest BCUT2D eigenvalue weighted by Gasteiger charge is 2.11. The molecule has 7 nitrogen and oxygen atoms in total. The minimum atomic E-state index is -0.320. The normalized spacial score (nSPS) is 10.4. The van der Waals surface area contributed by atoms with Gasteiger partial charge in [0.2, 0.25) is 0 Å². The van der Waals surface area contributed by atoms with Gasteiger partial charge in [-0.1, -0.05) is 17.3 Å². The number of nitrogens with one attached hydrogen (secondary N) is 2. The second-order valence-electron chi connectivity index (χ2n) is 6.21. The average molecular weight is 379 g/mol. The zero-order valence-corrected chi connectivity index (χ0v) is 15.7. The fraction of sp³-hybridized carbons (Fsp3) is 0.190. The Hall–Kier alpha value is -3.61. The molecule has 1 heterocycles. The second kappa shape index (κ2) is 8.85. The lowest BCUT2D eigenvalue weighted by Crippen LogP contribution is -2.25. The van der Waals surface area contributed by atoms with Crippen LogP contribution < -0.4 is 15.4 Å². The third kappa shape index (κ3) is 4.97. The van der Waals surface area contributed by atoms with Crippen molar-refractivity contribution in [1.82, 2.24) is 10.5 Å². The fourth-order valence-corrected chi connectivity index (χ4v) is 2.60. The number of carbonyl (C=O) groups excluding carboxylic acids is 2. The standard InChI is InChI=1S/C21H21N3O4/c1-14-13-19(24-28-14)23-21(26)17-7-5-16(6-8-17)20(25)22-12-11-15-3-9-18(27-2)10-4-15/h3-10,13H,11-12H2,1-2H3,(H,22,25)(H,23,24,26). The number of hydrogen-bond acceptors (Lipinski definition) is 5. The Bertz CT molecular complexity index is 947. The number of amides is 2. The van der Waals surface area contributed by atoms with Gasteiger partial charge in [0.1, 0.15) is 11.5 Å². The predicted octanol–water partition coefficient (Wildman–Crippen LogP) is 3.22. The average Bonchev–Trinajstić information content (AvgIpc) is 3.13. The highest BCUT2D eigenvalue weighted by molar-refractivity contribution is 6.04. The lowest BCUT2D eigenvalue weighted by atomic mass is 10.1. The molecule has 0 aliphatic heterocycles. The van der Waals surface area contributed by atoms with Crippen molar-refractivity contribution in [3.05, 3.63) is 77.0 Å². The van der Waals surface area contributed by atoms with Crippen molar-refractivity contribution in [1.29, 1.82) is 0 Å². The smallest absolute Gasteiger partial charge is 0.256 e. The fourth-order valence-electron chi connectivity index (χ4n) is 2.60. The number of carbonyl (C=O) groups is 2. The van der Waals surface area contributed by atoms with E-state index in [0.29, 0.717) is 35.7 Å². The van der Waals surface area contributed by atoms with Crippen LogP contribution in [0.25, 0.3) is 0 Å². The van der Waals surface area contributed by atoms with E-state index in [0.717, 1.165) is 11.3 Å². The number of methoxy groups -OCH3 is 1. The van der Waals surface area contributed by atoms with Crippen molar-refractivity contribution in [2.24, 2.45) is 0 Å². The summed E-state index contributed by atoms with van der Waals surface area (Å²) < 4.78 is 10.0. The summed E-state index contributed by atoms with van der Waals surface area (Å²) in [6.07, 6.45) is 0.716. The van der Waals surface area contributed by atoms with Gasteiger partial charge in [-0.2, -0.15) is 0 Å². The molecule has 0 bridgehead atoms. The Kier molecular flexibility index (Phi) is 6.06. The van der Waals surface area contributed by atoms with Gasteiger partial charge in [-0.05, 0) is 55.3 Å². The van der Waals surface area contributed by atoms with Crippen LogP contribution in [0.5, 0.6) is 5.75 Å². The van der Waals surface area contributed by atoms with E-state index < -0.39 is 0 Å². The number of anilines is 1. The topological polar surface area (TPSA) is 93.5 Å². The van der Waals surface area contributed by atoms with Crippen LogP contribution in [0.2, 0.25) is 0 Å². The van der Waals surface area contributed by atoms with E-state index in [1.165, 1.54) is 0 Å². The summed E-state index contributed by atoms with van der Waals surface area (Å²) in [6.45, 7) is 2.25. The maximum absolute atomic E-state index is 12.3. The van der Waals surface area contributed by atoms with Crippen LogP contribution in [0.4, 0.5) is 5.82 Å². The van der Waals surface area contributed by atoms with Crippen LogP contribution in [0.3, 0.4) is 0 Å². The molecule has 3 aromatic rings. The first-order valence-corrected chi connectivity index (χ1v) is 8.81. The quantitative estimate of drug-likeness (QED) is 0.657. The molecule has 1 aromatic heterocycles. The van der Waals surface area contributed by atoms with Gasteiger partial charge < -0.3 is 19.9 Å². The van der Waals surface area contributed by atoms with Gasteiger partial charge in [0.25, 0.3) is 11.8 Å². The minimum Gasteiger partial charge on any atom is -0.497 e. The summed E-state index contributed by atoms with van der Waals surface area (Å²) in [7, 11) is 1.62. The number of aromatic nitrogens is 1. The molecule has 3 rings (SSSR count). The maximum Gasteiger partial charge on any atom is 0.256 e. The molecule has 0 atom stereocenters. The first kappa shape index (κ1) is 19.2. The lowest BCUT2D eigenvalue weighted by Gasteiger charge is -2.07. The number of benzene rings is 2. The Morgan fingerprint density at radius 1 is 1.00 bits per heavy atom. The summed E-state index contributed by atoms with van der Waals surface area (Å²) in [5.41, 5.74) is 2.02. The summed E-state index contributed by atoms with van der Waals surface area (Å²) in [5.74, 6) is 1.25. The molecular formula is C21H21N3O4. The van der Waals surface area contributed by atoms with E-state index in [2.05, 4.69) is 15.8 Å². The molecule has 28 heavy (non-hydrogen) atoms. The van der Waals surface area contributed by atoms with Gasteiger partial charge in [-0.15, -0.1) is 0 Å². The van der Waals surface area contributed by atoms with Crippen LogP contribution >= 0.6 is 0 Å². The Balaban J connectivity index is 1.50. The van der Waals surface area contributed by atoms with Crippen LogP contribution in [-0.2, 0) is 6.42 Å². The molecule has 0 saturated heterocycles. The van der Waals surface area contributed by atoms with Gasteiger partial charge in [0, 0.05) is 23.7 Å². The van der Waals surface area contributed by atoms with E-state index in [1.54, 1.807) is 44.4 Å². The maximum atomic E-state index is 12.3. The molecule has 0 aliphatic carbocycles. The summed E-state index contributed by atoms with van der Waals surface area (Å²) in [4.78, 5) is 24.4. The highest BCUT2D eigenvalue weighted by atomic mass is 16.5. The monoisotopic (exact) mass is 379 g/mol. The van der Waals surface area contributed by atoms with Crippen molar-refractivity contribution in [2.45, 2.75) is 13.3 Å². The van der Waals surface area contributed by atoms with Gasteiger partial charge >= 0.3 is 0 Å². The van der Waals surface area contributed by atoms with Gasteiger partial charge in [-0.25, -0.2) is 0 Å². The van der Waals surface area contributed by atoms with E-state index in [9.17, 15) is 9.59 Å². The second-order valence-corrected chi connectivity index (χ2v) is 6.21. The van der Waals surface area contributed by atoms with Crippen LogP contribution in [0, 0.1) is 6.92 Å². The van der Waals surface area contributed by atoms with Gasteiger partial charge in [0.05, 0.1) is 7.11 Å². The summed E-state index contributed by atoms with van der Waals surface area (Å²) in [5, 5.41) is 9.23. The molecule has 7 heteroatoms. The number of rotatable bonds is 7. The molecule has 0 unspecified atom stereocenters. The molecule has 0 aliphatic rings. The molecular weight excluding hydrogens is 358 g/mol. The van der Waals surface area contributed by atoms with Gasteiger partial charge in [0.15, 0.2) is 5.82 Å². The molecule has 2 aromatic carbocycles. The summed E-state index contributed by atoms with van der Waals surface area (Å²) >= 11 is 0. The van der Waals surface area contributed by atoms with E-state index in [1.807, 2.05) is 24.3 Å². The van der Waals surface area contributed by atoms with Crippen LogP contribution in [0.1, 0.15) is 32.0 Å². The Morgan fingerprint density at radius 3 is 2.21 bits per heavy atom. The zero-order chi connectivity index (χ0) is 19.9. The van der Waals surface area contributed by atoms with E-state index in [-0.39, 0.29) is 11.8 Å². The molecule has 144 valence electrons. The molecule has 0 fully saturated rings. The van der Waals surface area contributed by atoms with Crippen LogP contribution in [0.15, 0.2) is 59.1 Å². The Labute approximate surface area is 162 Å². The third-order valence-corrected chi connectivity index (χ3v) is 4.14. The number of aryl methyl sites for hydroxylation is 1.